The van der Waals surface area contributed by atoms with E-state index in [0.717, 1.165) is 5.69 Å². The molecular weight excluding hydrogens is 270 g/mol. The molecule has 6 nitrogen and oxygen atoms in total. The number of carbonyl (C=O) groups excluding carboxylic acids is 1. The molecule has 0 fully saturated rings. The Balaban J connectivity index is 2.20. The lowest BCUT2D eigenvalue weighted by Crippen LogP contribution is -2.34. The summed E-state index contributed by atoms with van der Waals surface area (Å²) in [6.07, 6.45) is 4.37. The van der Waals surface area contributed by atoms with Crippen molar-refractivity contribution in [1.29, 1.82) is 0 Å². The number of nitrogens with zero attached hydrogens (tertiary/aromatic N) is 2. The van der Waals surface area contributed by atoms with Crippen molar-refractivity contribution in [2.24, 2.45) is 5.73 Å². The minimum absolute atomic E-state index is 0.127. The second-order valence-corrected chi connectivity index (χ2v) is 5.57. The Kier molecular flexibility index (Phi) is 4.47. The van der Waals surface area contributed by atoms with Crippen molar-refractivity contribution >= 4 is 11.6 Å². The minimum Gasteiger partial charge on any atom is -0.478 e. The van der Waals surface area contributed by atoms with Crippen LogP contribution in [0.3, 0.4) is 0 Å². The van der Waals surface area contributed by atoms with E-state index in [2.05, 4.69) is 4.98 Å². The zero-order valence-corrected chi connectivity index (χ0v) is 12.6. The number of aromatic nitrogens is 2. The van der Waals surface area contributed by atoms with Gasteiger partial charge in [0.05, 0.1) is 6.61 Å². The van der Waals surface area contributed by atoms with Crippen molar-refractivity contribution in [1.82, 2.24) is 9.38 Å². The van der Waals surface area contributed by atoms with E-state index in [4.69, 9.17) is 15.2 Å². The van der Waals surface area contributed by atoms with Crippen molar-refractivity contribution in [2.75, 3.05) is 13.2 Å². The van der Waals surface area contributed by atoms with Crippen molar-refractivity contribution in [3.8, 4) is 5.75 Å². The minimum atomic E-state index is -0.394. The second-order valence-electron chi connectivity index (χ2n) is 5.57. The molecule has 2 heterocycles. The summed E-state index contributed by atoms with van der Waals surface area (Å²) in [5.41, 5.74) is 7.40. The van der Waals surface area contributed by atoms with Gasteiger partial charge in [-0.05, 0) is 32.9 Å². The average Bonchev–Trinajstić information content (AvgIpc) is 2.78. The van der Waals surface area contributed by atoms with Crippen LogP contribution in [0.4, 0.5) is 0 Å². The Bertz CT molecular complexity index is 629. The van der Waals surface area contributed by atoms with Gasteiger partial charge in [0.15, 0.2) is 18.0 Å². The SMILES string of the molecule is CCOC(=O)COc1cccn2c(CC(C)(C)N)cnc12. The van der Waals surface area contributed by atoms with Gasteiger partial charge in [0, 0.05) is 30.0 Å². The number of imidazole rings is 1. The first-order valence-corrected chi connectivity index (χ1v) is 6.93. The van der Waals surface area contributed by atoms with Gasteiger partial charge in [-0.1, -0.05) is 0 Å². The molecule has 0 aliphatic carbocycles. The molecule has 0 saturated carbocycles. The van der Waals surface area contributed by atoms with Gasteiger partial charge in [-0.3, -0.25) is 0 Å². The van der Waals surface area contributed by atoms with Crippen LogP contribution in [-0.4, -0.2) is 34.1 Å². The van der Waals surface area contributed by atoms with E-state index in [1.165, 1.54) is 0 Å². The standard InChI is InChI=1S/C15H21N3O3/c1-4-20-13(19)10-21-12-6-5-7-18-11(8-15(2,3)16)9-17-14(12)18/h5-7,9H,4,8,10,16H2,1-3H3. The van der Waals surface area contributed by atoms with E-state index in [1.54, 1.807) is 19.2 Å². The van der Waals surface area contributed by atoms with Gasteiger partial charge in [-0.2, -0.15) is 0 Å². The smallest absolute Gasteiger partial charge is 0.344 e. The van der Waals surface area contributed by atoms with E-state index < -0.39 is 5.97 Å². The third kappa shape index (κ3) is 3.95. The largest absolute Gasteiger partial charge is 0.478 e. The van der Waals surface area contributed by atoms with E-state index in [1.807, 2.05) is 30.5 Å². The summed E-state index contributed by atoms with van der Waals surface area (Å²) in [7, 11) is 0. The monoisotopic (exact) mass is 291 g/mol. The van der Waals surface area contributed by atoms with Gasteiger partial charge in [-0.25, -0.2) is 9.78 Å². The molecule has 2 aromatic rings. The summed E-state index contributed by atoms with van der Waals surface area (Å²) in [6, 6.07) is 3.63. The van der Waals surface area contributed by atoms with Crippen LogP contribution in [0.25, 0.3) is 5.65 Å². The Morgan fingerprint density at radius 3 is 2.90 bits per heavy atom. The molecule has 114 valence electrons. The van der Waals surface area contributed by atoms with Crippen LogP contribution < -0.4 is 10.5 Å². The van der Waals surface area contributed by atoms with Crippen LogP contribution in [0.2, 0.25) is 0 Å². The Hall–Kier alpha value is -2.08. The van der Waals surface area contributed by atoms with E-state index in [9.17, 15) is 4.79 Å². The molecule has 0 bridgehead atoms. The number of nitrogens with two attached hydrogens (primary N) is 1. The maximum absolute atomic E-state index is 11.4. The second kappa shape index (κ2) is 6.13. The molecule has 2 rings (SSSR count). The summed E-state index contributed by atoms with van der Waals surface area (Å²) in [4.78, 5) is 15.7. The summed E-state index contributed by atoms with van der Waals surface area (Å²) in [6.45, 7) is 5.90. The highest BCUT2D eigenvalue weighted by Gasteiger charge is 2.16. The van der Waals surface area contributed by atoms with Gasteiger partial charge in [0.1, 0.15) is 0 Å². The van der Waals surface area contributed by atoms with Gasteiger partial charge >= 0.3 is 5.97 Å². The number of carbonyl (C=O) groups is 1. The highest BCUT2D eigenvalue weighted by atomic mass is 16.6. The lowest BCUT2D eigenvalue weighted by atomic mass is 10.0. The maximum Gasteiger partial charge on any atom is 0.344 e. The number of esters is 1. The molecule has 0 atom stereocenters. The van der Waals surface area contributed by atoms with Gasteiger partial charge in [-0.15, -0.1) is 0 Å². The first-order chi connectivity index (χ1) is 9.90. The first-order valence-electron chi connectivity index (χ1n) is 6.93. The number of pyridine rings is 1. The quantitative estimate of drug-likeness (QED) is 0.817. The molecule has 21 heavy (non-hydrogen) atoms. The Labute approximate surface area is 123 Å². The summed E-state index contributed by atoms with van der Waals surface area (Å²) >= 11 is 0. The Morgan fingerprint density at radius 2 is 2.24 bits per heavy atom. The molecule has 0 saturated heterocycles. The normalized spacial score (nSPS) is 11.6. The van der Waals surface area contributed by atoms with Crippen LogP contribution in [0, 0.1) is 0 Å². The average molecular weight is 291 g/mol. The van der Waals surface area contributed by atoms with Crippen molar-refractivity contribution in [2.45, 2.75) is 32.7 Å². The van der Waals surface area contributed by atoms with Crippen molar-refractivity contribution in [3.63, 3.8) is 0 Å². The fourth-order valence-corrected chi connectivity index (χ4v) is 2.09. The molecule has 0 radical (unpaired) electrons. The molecule has 0 amide bonds. The molecule has 6 heteroatoms. The lowest BCUT2D eigenvalue weighted by Gasteiger charge is -2.17. The maximum atomic E-state index is 11.4. The van der Waals surface area contributed by atoms with E-state index in [-0.39, 0.29) is 12.1 Å². The molecule has 0 aliphatic rings. The lowest BCUT2D eigenvalue weighted by molar-refractivity contribution is -0.145. The predicted octanol–water partition coefficient (Wildman–Crippen LogP) is 1.56. The number of ether oxygens (including phenoxy) is 2. The highest BCUT2D eigenvalue weighted by molar-refractivity contribution is 5.71. The Morgan fingerprint density at radius 1 is 1.48 bits per heavy atom. The topological polar surface area (TPSA) is 78.8 Å². The third-order valence-corrected chi connectivity index (χ3v) is 2.86. The molecule has 2 aromatic heterocycles. The molecule has 0 spiro atoms. The summed E-state index contributed by atoms with van der Waals surface area (Å²) in [5, 5.41) is 0. The zero-order chi connectivity index (χ0) is 15.5. The molecule has 2 N–H and O–H groups in total. The molecule has 0 unspecified atom stereocenters. The zero-order valence-electron chi connectivity index (χ0n) is 12.6. The summed E-state index contributed by atoms with van der Waals surface area (Å²) in [5.74, 6) is 0.154. The van der Waals surface area contributed by atoms with Crippen LogP contribution in [0.5, 0.6) is 5.75 Å². The summed E-state index contributed by atoms with van der Waals surface area (Å²) < 4.78 is 12.3. The number of fused-ring (bicyclic) bond motifs is 1. The highest BCUT2D eigenvalue weighted by Crippen LogP contribution is 2.21. The van der Waals surface area contributed by atoms with Gasteiger partial charge in [0.25, 0.3) is 0 Å². The number of rotatable bonds is 6. The van der Waals surface area contributed by atoms with Crippen LogP contribution in [0.1, 0.15) is 26.5 Å². The molecule has 0 aromatic carbocycles. The van der Waals surface area contributed by atoms with Gasteiger partial charge < -0.3 is 19.6 Å². The fourth-order valence-electron chi connectivity index (χ4n) is 2.09. The third-order valence-electron chi connectivity index (χ3n) is 2.86. The molecular formula is C15H21N3O3. The number of hydrogen-bond donors (Lipinski definition) is 1. The number of hydrogen-bond acceptors (Lipinski definition) is 5. The molecule has 0 aliphatic heterocycles. The van der Waals surface area contributed by atoms with Crippen molar-refractivity contribution < 1.29 is 14.3 Å². The first kappa shape index (κ1) is 15.3. The van der Waals surface area contributed by atoms with Crippen molar-refractivity contribution in [3.05, 3.63) is 30.2 Å². The predicted molar refractivity (Wildman–Crippen MR) is 79.3 cm³/mol. The van der Waals surface area contributed by atoms with Crippen LogP contribution in [-0.2, 0) is 16.0 Å². The van der Waals surface area contributed by atoms with E-state index >= 15 is 0 Å². The van der Waals surface area contributed by atoms with Crippen LogP contribution >= 0.6 is 0 Å². The van der Waals surface area contributed by atoms with Gasteiger partial charge in [0.2, 0.25) is 0 Å². The van der Waals surface area contributed by atoms with Crippen LogP contribution in [0.15, 0.2) is 24.5 Å². The van der Waals surface area contributed by atoms with E-state index in [0.29, 0.717) is 24.4 Å². The fraction of sp³-hybridized carbons (Fsp3) is 0.467.